The van der Waals surface area contributed by atoms with Crippen molar-refractivity contribution in [3.05, 3.63) is 28.2 Å². The van der Waals surface area contributed by atoms with Crippen LogP contribution in [0.5, 0.6) is 0 Å². The third-order valence-electron chi connectivity index (χ3n) is 3.82. The maximum Gasteiger partial charge on any atom is 0.251 e. The van der Waals surface area contributed by atoms with E-state index < -0.39 is 0 Å². The summed E-state index contributed by atoms with van der Waals surface area (Å²) in [6, 6.07) is 5.74. The molecule has 2 aliphatic carbocycles. The Kier molecular flexibility index (Phi) is 3.06. The Morgan fingerprint density at radius 2 is 1.89 bits per heavy atom. The molecule has 96 valence electrons. The molecule has 0 spiro atoms. The number of nitrogens with one attached hydrogen (secondary N) is 1. The predicted molar refractivity (Wildman–Crippen MR) is 75.3 cm³/mol. The number of hydrogen-bond acceptors (Lipinski definition) is 2. The number of rotatable bonds is 4. The van der Waals surface area contributed by atoms with Crippen LogP contribution in [0.2, 0.25) is 0 Å². The van der Waals surface area contributed by atoms with Gasteiger partial charge in [-0.05, 0) is 71.6 Å². The van der Waals surface area contributed by atoms with Crippen molar-refractivity contribution in [1.82, 2.24) is 5.32 Å². The topological polar surface area (TPSA) is 55.1 Å². The van der Waals surface area contributed by atoms with Crippen LogP contribution in [-0.2, 0) is 0 Å². The van der Waals surface area contributed by atoms with Gasteiger partial charge in [-0.3, -0.25) is 4.79 Å². The summed E-state index contributed by atoms with van der Waals surface area (Å²) in [6.07, 6.45) is 5.08. The van der Waals surface area contributed by atoms with Gasteiger partial charge in [0.25, 0.3) is 5.91 Å². The zero-order valence-corrected chi connectivity index (χ0v) is 11.7. The van der Waals surface area contributed by atoms with Crippen LogP contribution in [0.15, 0.2) is 22.7 Å². The minimum atomic E-state index is 0.0273. The van der Waals surface area contributed by atoms with Crippen molar-refractivity contribution in [2.45, 2.75) is 31.7 Å². The number of halogens is 1. The standard InChI is InChI=1S/C14H17BrN2O/c15-11-7-10(5-6-12(11)16)14(18)17-13(8-1-2-8)9-3-4-9/h5-9,13H,1-4,16H2,(H,17,18). The van der Waals surface area contributed by atoms with E-state index in [4.69, 9.17) is 5.73 Å². The van der Waals surface area contributed by atoms with Crippen LogP contribution in [0.4, 0.5) is 5.69 Å². The molecule has 4 heteroatoms. The Morgan fingerprint density at radius 1 is 1.28 bits per heavy atom. The average Bonchev–Trinajstić information content (AvgIpc) is 3.22. The van der Waals surface area contributed by atoms with Crippen molar-refractivity contribution in [1.29, 1.82) is 0 Å². The van der Waals surface area contributed by atoms with E-state index in [-0.39, 0.29) is 5.91 Å². The van der Waals surface area contributed by atoms with Gasteiger partial charge in [-0.25, -0.2) is 0 Å². The van der Waals surface area contributed by atoms with Gasteiger partial charge in [0.2, 0.25) is 0 Å². The van der Waals surface area contributed by atoms with Gasteiger partial charge >= 0.3 is 0 Å². The van der Waals surface area contributed by atoms with Crippen LogP contribution in [0, 0.1) is 11.8 Å². The van der Waals surface area contributed by atoms with Crippen LogP contribution in [0.3, 0.4) is 0 Å². The molecule has 0 saturated heterocycles. The molecular weight excluding hydrogens is 292 g/mol. The lowest BCUT2D eigenvalue weighted by Gasteiger charge is -2.17. The van der Waals surface area contributed by atoms with Crippen LogP contribution < -0.4 is 11.1 Å². The highest BCUT2D eigenvalue weighted by atomic mass is 79.9. The molecule has 0 atom stereocenters. The second-order valence-electron chi connectivity index (χ2n) is 5.41. The first kappa shape index (κ1) is 12.0. The summed E-state index contributed by atoms with van der Waals surface area (Å²) >= 11 is 3.36. The lowest BCUT2D eigenvalue weighted by molar-refractivity contribution is 0.0926. The summed E-state index contributed by atoms with van der Waals surface area (Å²) < 4.78 is 0.782. The van der Waals surface area contributed by atoms with Crippen molar-refractivity contribution in [2.75, 3.05) is 5.73 Å². The minimum absolute atomic E-state index is 0.0273. The van der Waals surface area contributed by atoms with Gasteiger partial charge < -0.3 is 11.1 Å². The SMILES string of the molecule is Nc1ccc(C(=O)NC(C2CC2)C2CC2)cc1Br. The number of nitrogens with two attached hydrogens (primary N) is 1. The van der Waals surface area contributed by atoms with E-state index >= 15 is 0 Å². The van der Waals surface area contributed by atoms with Crippen LogP contribution in [0.25, 0.3) is 0 Å². The van der Waals surface area contributed by atoms with E-state index in [9.17, 15) is 4.79 Å². The number of benzene rings is 1. The van der Waals surface area contributed by atoms with E-state index in [0.717, 1.165) is 16.3 Å². The quantitative estimate of drug-likeness (QED) is 0.840. The van der Waals surface area contributed by atoms with E-state index in [2.05, 4.69) is 21.2 Å². The molecule has 3 nitrogen and oxygen atoms in total. The molecule has 1 aromatic carbocycles. The van der Waals surface area contributed by atoms with Gasteiger partial charge in [0.15, 0.2) is 0 Å². The molecule has 0 heterocycles. The first-order chi connectivity index (χ1) is 8.65. The molecule has 2 fully saturated rings. The fourth-order valence-electron chi connectivity index (χ4n) is 2.43. The number of hydrogen-bond donors (Lipinski definition) is 2. The molecule has 0 unspecified atom stereocenters. The average molecular weight is 309 g/mol. The second-order valence-corrected chi connectivity index (χ2v) is 6.26. The Bertz CT molecular complexity index is 469. The molecule has 0 aromatic heterocycles. The number of nitrogen functional groups attached to an aromatic ring is 1. The summed E-state index contributed by atoms with van der Waals surface area (Å²) in [7, 11) is 0. The summed E-state index contributed by atoms with van der Waals surface area (Å²) in [5, 5.41) is 3.20. The largest absolute Gasteiger partial charge is 0.398 e. The third kappa shape index (κ3) is 2.53. The van der Waals surface area contributed by atoms with Crippen molar-refractivity contribution < 1.29 is 4.79 Å². The van der Waals surface area contributed by atoms with Gasteiger partial charge in [-0.1, -0.05) is 0 Å². The molecule has 1 aromatic rings. The highest BCUT2D eigenvalue weighted by Crippen LogP contribution is 2.44. The number of anilines is 1. The molecule has 18 heavy (non-hydrogen) atoms. The number of amides is 1. The number of carbonyl (C=O) groups is 1. The van der Waals surface area contributed by atoms with Crippen molar-refractivity contribution in [3.8, 4) is 0 Å². The first-order valence-electron chi connectivity index (χ1n) is 6.51. The summed E-state index contributed by atoms with van der Waals surface area (Å²) in [5.74, 6) is 1.47. The highest BCUT2D eigenvalue weighted by molar-refractivity contribution is 9.10. The molecule has 2 aliphatic rings. The zero-order valence-electron chi connectivity index (χ0n) is 10.2. The van der Waals surface area contributed by atoms with E-state index in [1.54, 1.807) is 18.2 Å². The maximum absolute atomic E-state index is 12.2. The van der Waals surface area contributed by atoms with Gasteiger partial charge in [-0.2, -0.15) is 0 Å². The molecule has 2 saturated carbocycles. The molecule has 1 amide bonds. The van der Waals surface area contributed by atoms with Crippen LogP contribution in [0.1, 0.15) is 36.0 Å². The second kappa shape index (κ2) is 4.57. The lowest BCUT2D eigenvalue weighted by Crippen LogP contribution is -2.38. The van der Waals surface area contributed by atoms with Gasteiger partial charge in [-0.15, -0.1) is 0 Å². The van der Waals surface area contributed by atoms with E-state index in [1.807, 2.05) is 0 Å². The predicted octanol–water partition coefficient (Wildman–Crippen LogP) is 2.95. The maximum atomic E-state index is 12.2. The molecular formula is C14H17BrN2O. The minimum Gasteiger partial charge on any atom is -0.398 e. The molecule has 0 radical (unpaired) electrons. The van der Waals surface area contributed by atoms with Crippen molar-refractivity contribution in [3.63, 3.8) is 0 Å². The Balaban J connectivity index is 1.71. The molecule has 0 bridgehead atoms. The van der Waals surface area contributed by atoms with Gasteiger partial charge in [0.1, 0.15) is 0 Å². The summed E-state index contributed by atoms with van der Waals surface area (Å²) in [4.78, 5) is 12.2. The normalized spacial score (nSPS) is 19.0. The van der Waals surface area contributed by atoms with E-state index in [1.165, 1.54) is 25.7 Å². The summed E-state index contributed by atoms with van der Waals surface area (Å²) in [6.45, 7) is 0. The number of carbonyl (C=O) groups excluding carboxylic acids is 1. The Morgan fingerprint density at radius 3 is 2.39 bits per heavy atom. The van der Waals surface area contributed by atoms with Crippen LogP contribution >= 0.6 is 15.9 Å². The Hall–Kier alpha value is -1.03. The molecule has 3 N–H and O–H groups in total. The zero-order chi connectivity index (χ0) is 12.7. The Labute approximate surface area is 115 Å². The molecule has 0 aliphatic heterocycles. The fraction of sp³-hybridized carbons (Fsp3) is 0.500. The van der Waals surface area contributed by atoms with Crippen molar-refractivity contribution >= 4 is 27.5 Å². The smallest absolute Gasteiger partial charge is 0.251 e. The fourth-order valence-corrected chi connectivity index (χ4v) is 2.81. The first-order valence-corrected chi connectivity index (χ1v) is 7.30. The monoisotopic (exact) mass is 308 g/mol. The van der Waals surface area contributed by atoms with E-state index in [0.29, 0.717) is 17.3 Å². The van der Waals surface area contributed by atoms with Crippen molar-refractivity contribution in [2.24, 2.45) is 11.8 Å². The van der Waals surface area contributed by atoms with Gasteiger partial charge in [0, 0.05) is 21.8 Å². The van der Waals surface area contributed by atoms with Crippen LogP contribution in [-0.4, -0.2) is 11.9 Å². The third-order valence-corrected chi connectivity index (χ3v) is 4.51. The highest BCUT2D eigenvalue weighted by Gasteiger charge is 2.42. The lowest BCUT2D eigenvalue weighted by atomic mass is 10.1. The van der Waals surface area contributed by atoms with Gasteiger partial charge in [0.05, 0.1) is 0 Å². The molecule has 3 rings (SSSR count). The summed E-state index contributed by atoms with van der Waals surface area (Å²) in [5.41, 5.74) is 7.07.